The van der Waals surface area contributed by atoms with Crippen LogP contribution in [0.3, 0.4) is 0 Å². The van der Waals surface area contributed by atoms with Crippen molar-refractivity contribution in [1.29, 1.82) is 0 Å². The third kappa shape index (κ3) is 33.7. The van der Waals surface area contributed by atoms with Crippen molar-refractivity contribution in [2.45, 2.75) is 75.5 Å². The van der Waals surface area contributed by atoms with Crippen LogP contribution in [0.1, 0.15) is 51.4 Å². The molecule has 0 aliphatic rings. The van der Waals surface area contributed by atoms with Crippen LogP contribution in [-0.4, -0.2) is 95.2 Å². The van der Waals surface area contributed by atoms with Crippen LogP contribution in [0, 0.1) is 11.8 Å². The molecule has 56 heavy (non-hydrogen) atoms. The number of carboxylic acid groups (broad SMARTS) is 7. The molecule has 30 heteroatoms. The molecule has 0 bridgehead atoms. The van der Waals surface area contributed by atoms with Gasteiger partial charge in [0.15, 0.2) is 5.78 Å². The van der Waals surface area contributed by atoms with Gasteiger partial charge in [0.05, 0.1) is 60.8 Å². The summed E-state index contributed by atoms with van der Waals surface area (Å²) >= 11 is 0. The van der Waals surface area contributed by atoms with Crippen molar-refractivity contribution in [3.8, 4) is 0 Å². The summed E-state index contributed by atoms with van der Waals surface area (Å²) in [7, 11) is 0. The number of carboxylic acids is 7. The monoisotopic (exact) mass is 860 g/mol. The van der Waals surface area contributed by atoms with Gasteiger partial charge >= 0.3 is 207 Å². The number of aliphatic carboxylic acids is 7. The fraction of sp³-hybridized carbons (Fsp3) is 0.538. The Labute approximate surface area is 472 Å². The molecule has 23 nitrogen and oxygen atoms in total. The van der Waals surface area contributed by atoms with E-state index < -0.39 is 158 Å². The second kappa shape index (κ2) is 38.9. The van der Waals surface area contributed by atoms with Crippen LogP contribution in [-0.2, 0) is 57.5 Å². The molecule has 0 saturated carbocycles. The van der Waals surface area contributed by atoms with Crippen LogP contribution in [0.5, 0.6) is 0 Å². The minimum atomic E-state index is -2.37. The van der Waals surface area contributed by atoms with Crippen molar-refractivity contribution >= 4 is 71.1 Å². The summed E-state index contributed by atoms with van der Waals surface area (Å²) in [5, 5.41) is 82.6. The van der Waals surface area contributed by atoms with E-state index in [-0.39, 0.29) is 207 Å². The van der Waals surface area contributed by atoms with Crippen molar-refractivity contribution in [2.24, 2.45) is 17.6 Å². The first-order valence-electron chi connectivity index (χ1n) is 13.7. The van der Waals surface area contributed by atoms with Crippen LogP contribution < -0.4 is 264 Å². The summed E-state index contributed by atoms with van der Waals surface area (Å²) < 4.78 is 0. The van der Waals surface area contributed by atoms with Gasteiger partial charge in [-0.15, -0.1) is 0 Å². The van der Waals surface area contributed by atoms with Gasteiger partial charge in [-0.1, -0.05) is 0 Å². The fourth-order valence-corrected chi connectivity index (χ4v) is 3.93. The molecule has 0 fully saturated rings. The molecule has 0 rings (SSSR count). The third-order valence-electron chi connectivity index (χ3n) is 6.30. The number of hydrogen-bond donors (Lipinski definition) is 4. The average Bonchev–Trinajstić information content (AvgIpc) is 2.94. The Morgan fingerprint density at radius 1 is 0.393 bits per heavy atom. The van der Waals surface area contributed by atoms with Crippen LogP contribution in [0.4, 0.5) is 0 Å². The van der Waals surface area contributed by atoms with Crippen molar-refractivity contribution in [2.75, 3.05) is 0 Å². The van der Waals surface area contributed by atoms with Crippen LogP contribution in [0.15, 0.2) is 0 Å². The maximum Gasteiger partial charge on any atom is 1.00 e. The van der Waals surface area contributed by atoms with Crippen molar-refractivity contribution in [3.63, 3.8) is 0 Å². The van der Waals surface area contributed by atoms with E-state index in [0.717, 1.165) is 0 Å². The van der Waals surface area contributed by atoms with E-state index >= 15 is 0 Å². The molecule has 0 spiro atoms. The number of nitrogens with two attached hydrogens (primary N) is 1. The zero-order chi connectivity index (χ0) is 38.2. The number of ketones is 2. The molecule has 0 heterocycles. The number of rotatable bonds is 25. The molecule has 0 aliphatic carbocycles. The van der Waals surface area contributed by atoms with E-state index in [1.807, 2.05) is 0 Å². The first-order chi connectivity index (χ1) is 22.5. The number of nitrogens with one attached hydrogen (secondary N) is 3. The molecule has 0 radical (unpaired) electrons. The standard InChI is InChI=1S/C26H34N4O19.7Na/c27-12(5-20(37)38)16(32)3-10(23(42)43)2-11(31)1-9(4-19(35)36)22(41)30-14(25(46)47)7-18(34)28-13(24(44)45)6-17(33)29-15(26(48)49)8-21(39)40;;;;;;;/h9-10,12-15H,1-8,27H2,(H,28,34)(H,29,33)(H,30,41)(H,35,36)(H,37,38)(H,39,40)(H,42,43)(H,44,45)(H,46,47)(H,48,49);;;;;;;/q;7*+1/p-7. The number of amides is 3. The Kier molecular flexibility index (Phi) is 51.7. The second-order valence-electron chi connectivity index (χ2n) is 10.3. The number of Topliss-reactive ketones (excluding diaryl/α,β-unsaturated/α-hetero) is 2. The van der Waals surface area contributed by atoms with Crippen LogP contribution in [0.25, 0.3) is 0 Å². The zero-order valence-corrected chi connectivity index (χ0v) is 46.0. The van der Waals surface area contributed by atoms with E-state index in [1.54, 1.807) is 16.0 Å². The summed E-state index contributed by atoms with van der Waals surface area (Å²) in [6, 6.07) is -8.55. The summed E-state index contributed by atoms with van der Waals surface area (Å²) in [6.07, 6.45) is -9.38. The Hall–Kier alpha value is 1.000. The van der Waals surface area contributed by atoms with E-state index in [4.69, 9.17) is 5.73 Å². The topological polar surface area (TPSA) is 428 Å². The predicted octanol–water partition coefficient (Wildman–Crippen LogP) is -34.5. The smallest absolute Gasteiger partial charge is 0.550 e. The minimum absolute atomic E-state index is 0. The third-order valence-corrected chi connectivity index (χ3v) is 6.30. The van der Waals surface area contributed by atoms with Gasteiger partial charge in [-0.2, -0.15) is 0 Å². The van der Waals surface area contributed by atoms with E-state index in [0.29, 0.717) is 0 Å². The van der Waals surface area contributed by atoms with Gasteiger partial charge in [-0.05, 0) is 6.42 Å². The molecule has 5 N–H and O–H groups in total. The fourth-order valence-electron chi connectivity index (χ4n) is 3.93. The molecule has 0 aliphatic heterocycles. The van der Waals surface area contributed by atoms with Gasteiger partial charge in [0.1, 0.15) is 5.78 Å². The maximum absolute atomic E-state index is 12.7. The molecule has 0 saturated heterocycles. The van der Waals surface area contributed by atoms with Gasteiger partial charge in [-0.3, -0.25) is 24.0 Å². The molecule has 6 atom stereocenters. The molecule has 0 aromatic heterocycles. The number of hydrogen-bond acceptors (Lipinski definition) is 20. The van der Waals surface area contributed by atoms with Crippen molar-refractivity contribution < 1.29 is 300 Å². The number of carbonyl (C=O) groups is 12. The maximum atomic E-state index is 12.7. The Morgan fingerprint density at radius 3 is 1.07 bits per heavy atom. The second-order valence-corrected chi connectivity index (χ2v) is 10.3. The van der Waals surface area contributed by atoms with Crippen LogP contribution >= 0.6 is 0 Å². The zero-order valence-electron chi connectivity index (χ0n) is 32.0. The largest absolute Gasteiger partial charge is 1.00 e. The molecule has 3 amide bonds. The summed E-state index contributed by atoms with van der Waals surface area (Å²) in [4.78, 5) is 139. The normalized spacial score (nSPS) is 12.5. The van der Waals surface area contributed by atoms with Gasteiger partial charge in [0, 0.05) is 61.9 Å². The van der Waals surface area contributed by atoms with E-state index in [9.17, 15) is 93.3 Å². The Bertz CT molecular complexity index is 1390. The molecule has 6 unspecified atom stereocenters. The van der Waals surface area contributed by atoms with Gasteiger partial charge in [-0.25, -0.2) is 0 Å². The van der Waals surface area contributed by atoms with Crippen molar-refractivity contribution in [1.82, 2.24) is 16.0 Å². The summed E-state index contributed by atoms with van der Waals surface area (Å²) in [6.45, 7) is 0. The van der Waals surface area contributed by atoms with Gasteiger partial charge < -0.3 is 91.0 Å². The first kappa shape index (κ1) is 74.4. The predicted molar refractivity (Wildman–Crippen MR) is 133 cm³/mol. The Morgan fingerprint density at radius 2 is 0.732 bits per heavy atom. The summed E-state index contributed by atoms with van der Waals surface area (Å²) in [5.74, 6) is -24.9. The first-order valence-corrected chi connectivity index (χ1v) is 13.7. The van der Waals surface area contributed by atoms with E-state index in [1.165, 1.54) is 0 Å². The molecular formula is C26H27N4Na7O19. The number of carbonyl (C=O) groups excluding carboxylic acids is 12. The van der Waals surface area contributed by atoms with Crippen LogP contribution in [0.2, 0.25) is 0 Å². The minimum Gasteiger partial charge on any atom is -0.550 e. The molecule has 272 valence electrons. The SMILES string of the molecule is NC(CC(=O)[O-])C(=O)CC(CC(=O)CC(CC(=O)[O-])C(=O)NC(CC(=O)NC(CC(=O)NC(CC(=O)[O-])C(=O)[O-])C(=O)[O-])C(=O)[O-])C(=O)[O-].[Na+].[Na+].[Na+].[Na+].[Na+].[Na+].[Na+]. The van der Waals surface area contributed by atoms with Gasteiger partial charge in [0.2, 0.25) is 17.7 Å². The molecule has 0 aromatic rings. The molecule has 0 aromatic carbocycles. The average molecular weight is 860 g/mol. The quantitative estimate of drug-likeness (QED) is 0.0619. The van der Waals surface area contributed by atoms with Crippen molar-refractivity contribution in [3.05, 3.63) is 0 Å². The Balaban J connectivity index is -0.000000549. The summed E-state index contributed by atoms with van der Waals surface area (Å²) in [5.41, 5.74) is 5.32. The molecular weight excluding hydrogens is 833 g/mol. The van der Waals surface area contributed by atoms with E-state index in [2.05, 4.69) is 0 Å². The van der Waals surface area contributed by atoms with Gasteiger partial charge in [0.25, 0.3) is 0 Å².